The fraction of sp³-hybridized carbons (Fsp3) is 0.375. The summed E-state index contributed by atoms with van der Waals surface area (Å²) in [7, 11) is -1.12. The Bertz CT molecular complexity index is 1550. The van der Waals surface area contributed by atoms with Gasteiger partial charge in [-0.05, 0) is 42.7 Å². The van der Waals surface area contributed by atoms with Gasteiger partial charge in [-0.3, -0.25) is 13.9 Å². The van der Waals surface area contributed by atoms with Crippen molar-refractivity contribution in [1.82, 2.24) is 10.2 Å². The van der Waals surface area contributed by atoms with Crippen LogP contribution in [0.3, 0.4) is 0 Å². The molecule has 3 aromatic carbocycles. The first-order valence-electron chi connectivity index (χ1n) is 14.3. The van der Waals surface area contributed by atoms with Crippen molar-refractivity contribution in [2.45, 2.75) is 50.7 Å². The number of benzene rings is 3. The van der Waals surface area contributed by atoms with Crippen LogP contribution in [0.25, 0.3) is 0 Å². The number of hydrogen-bond acceptors (Lipinski definition) is 6. The quantitative estimate of drug-likeness (QED) is 0.260. The molecular weight excluding hydrogens is 625 g/mol. The fourth-order valence-corrected chi connectivity index (χ4v) is 6.73. The Morgan fingerprint density at radius 3 is 2.20 bits per heavy atom. The number of halogens is 2. The molecule has 1 saturated carbocycles. The summed E-state index contributed by atoms with van der Waals surface area (Å²) in [6, 6.07) is 18.0. The van der Waals surface area contributed by atoms with Crippen LogP contribution in [0.15, 0.2) is 66.7 Å². The van der Waals surface area contributed by atoms with Crippen molar-refractivity contribution >= 4 is 50.7 Å². The highest BCUT2D eigenvalue weighted by Crippen LogP contribution is 2.34. The van der Waals surface area contributed by atoms with Gasteiger partial charge >= 0.3 is 0 Å². The SMILES string of the molecule is COc1ccc(N(CC(=O)N(Cc2c(Cl)cccc2Cl)C(Cc2ccccc2)C(=O)NC2CCCC2)S(C)(=O)=O)c(OC)c1. The second kappa shape index (κ2) is 15.0. The monoisotopic (exact) mass is 661 g/mol. The van der Waals surface area contributed by atoms with Gasteiger partial charge in [-0.25, -0.2) is 8.42 Å². The van der Waals surface area contributed by atoms with Gasteiger partial charge < -0.3 is 19.7 Å². The maximum atomic E-state index is 14.4. The fourth-order valence-electron chi connectivity index (χ4n) is 5.36. The minimum Gasteiger partial charge on any atom is -0.497 e. The Morgan fingerprint density at radius 2 is 1.61 bits per heavy atom. The number of methoxy groups -OCH3 is 2. The van der Waals surface area contributed by atoms with Gasteiger partial charge in [0.25, 0.3) is 0 Å². The molecule has 2 amide bonds. The molecule has 1 aliphatic rings. The molecule has 1 atom stereocenters. The standard InChI is InChI=1S/C32H37Cl2N3O6S/c1-42-24-16-17-28(30(19-24)43-2)37(44(3,40)41)21-31(38)36(20-25-26(33)14-9-15-27(25)34)29(18-22-10-5-4-6-11-22)32(39)35-23-12-7-8-13-23/h4-6,9-11,14-17,19,23,29H,7-8,12-13,18,20-21H2,1-3H3,(H,35,39). The van der Waals surface area contributed by atoms with Crippen molar-refractivity contribution in [3.8, 4) is 11.5 Å². The zero-order chi connectivity index (χ0) is 31.9. The second-order valence-corrected chi connectivity index (χ2v) is 13.4. The third kappa shape index (κ3) is 8.37. The van der Waals surface area contributed by atoms with Gasteiger partial charge in [0.15, 0.2) is 0 Å². The number of carbonyl (C=O) groups excluding carboxylic acids is 2. The van der Waals surface area contributed by atoms with E-state index in [2.05, 4.69) is 5.32 Å². The van der Waals surface area contributed by atoms with Gasteiger partial charge in [0.05, 0.1) is 26.2 Å². The molecule has 0 radical (unpaired) electrons. The van der Waals surface area contributed by atoms with E-state index in [0.29, 0.717) is 21.4 Å². The molecule has 0 aliphatic heterocycles. The second-order valence-electron chi connectivity index (χ2n) is 10.7. The van der Waals surface area contributed by atoms with Crippen molar-refractivity contribution in [2.24, 2.45) is 0 Å². The van der Waals surface area contributed by atoms with Crippen molar-refractivity contribution in [3.63, 3.8) is 0 Å². The number of nitrogens with zero attached hydrogens (tertiary/aromatic N) is 2. The molecule has 3 aromatic rings. The van der Waals surface area contributed by atoms with Crippen molar-refractivity contribution in [3.05, 3.63) is 87.9 Å². The van der Waals surface area contributed by atoms with Crippen LogP contribution in [0.5, 0.6) is 11.5 Å². The van der Waals surface area contributed by atoms with E-state index in [1.807, 2.05) is 30.3 Å². The average molecular weight is 663 g/mol. The number of nitrogens with one attached hydrogen (secondary N) is 1. The zero-order valence-electron chi connectivity index (χ0n) is 25.0. The van der Waals surface area contributed by atoms with E-state index in [1.165, 1.54) is 31.3 Å². The molecule has 44 heavy (non-hydrogen) atoms. The number of sulfonamides is 1. The van der Waals surface area contributed by atoms with Gasteiger partial charge in [-0.1, -0.05) is 72.4 Å². The lowest BCUT2D eigenvalue weighted by Crippen LogP contribution is -2.54. The number of amides is 2. The van der Waals surface area contributed by atoms with E-state index >= 15 is 0 Å². The molecule has 0 saturated heterocycles. The molecule has 1 aliphatic carbocycles. The lowest BCUT2D eigenvalue weighted by Gasteiger charge is -2.34. The van der Waals surface area contributed by atoms with E-state index in [0.717, 1.165) is 41.8 Å². The number of ether oxygens (including phenoxy) is 2. The number of rotatable bonds is 13. The van der Waals surface area contributed by atoms with E-state index in [1.54, 1.807) is 24.3 Å². The Morgan fingerprint density at radius 1 is 0.955 bits per heavy atom. The molecule has 0 spiro atoms. The molecule has 236 valence electrons. The van der Waals surface area contributed by atoms with E-state index < -0.39 is 28.5 Å². The number of hydrogen-bond donors (Lipinski definition) is 1. The van der Waals surface area contributed by atoms with Crippen LogP contribution in [0.4, 0.5) is 5.69 Å². The van der Waals surface area contributed by atoms with E-state index in [9.17, 15) is 18.0 Å². The smallest absolute Gasteiger partial charge is 0.244 e. The molecule has 1 N–H and O–H groups in total. The minimum atomic E-state index is -4.00. The summed E-state index contributed by atoms with van der Waals surface area (Å²) < 4.78 is 38.0. The highest BCUT2D eigenvalue weighted by molar-refractivity contribution is 7.92. The first-order valence-corrected chi connectivity index (χ1v) is 16.9. The Balaban J connectivity index is 1.79. The molecular formula is C32H37Cl2N3O6S. The van der Waals surface area contributed by atoms with Crippen LogP contribution in [0.2, 0.25) is 10.0 Å². The predicted octanol–water partition coefficient (Wildman–Crippen LogP) is 5.48. The van der Waals surface area contributed by atoms with Crippen LogP contribution in [-0.2, 0) is 32.6 Å². The molecule has 0 heterocycles. The maximum Gasteiger partial charge on any atom is 0.244 e. The molecule has 12 heteroatoms. The van der Waals surface area contributed by atoms with Gasteiger partial charge in [-0.2, -0.15) is 0 Å². The van der Waals surface area contributed by atoms with Crippen LogP contribution < -0.4 is 19.1 Å². The van der Waals surface area contributed by atoms with Crippen molar-refractivity contribution in [1.29, 1.82) is 0 Å². The lowest BCUT2D eigenvalue weighted by molar-refractivity contribution is -0.140. The molecule has 0 bridgehead atoms. The summed E-state index contributed by atoms with van der Waals surface area (Å²) in [4.78, 5) is 29.8. The summed E-state index contributed by atoms with van der Waals surface area (Å²) in [6.07, 6.45) is 4.93. The van der Waals surface area contributed by atoms with Crippen LogP contribution >= 0.6 is 23.2 Å². The number of carbonyl (C=O) groups is 2. The molecule has 4 rings (SSSR count). The Labute approximate surface area is 269 Å². The summed E-state index contributed by atoms with van der Waals surface area (Å²) in [5.41, 5.74) is 1.43. The van der Waals surface area contributed by atoms with Gasteiger partial charge in [0.2, 0.25) is 21.8 Å². The average Bonchev–Trinajstić information content (AvgIpc) is 3.51. The molecule has 9 nitrogen and oxygen atoms in total. The first-order chi connectivity index (χ1) is 21.0. The summed E-state index contributed by atoms with van der Waals surface area (Å²) in [5, 5.41) is 3.77. The lowest BCUT2D eigenvalue weighted by atomic mass is 10.0. The van der Waals surface area contributed by atoms with Crippen LogP contribution in [0.1, 0.15) is 36.8 Å². The normalized spacial score (nSPS) is 14.1. The first kappa shape index (κ1) is 33.4. The van der Waals surface area contributed by atoms with E-state index in [-0.39, 0.29) is 36.4 Å². The van der Waals surface area contributed by atoms with Crippen LogP contribution in [-0.4, -0.2) is 64.2 Å². The maximum absolute atomic E-state index is 14.4. The van der Waals surface area contributed by atoms with E-state index in [4.69, 9.17) is 32.7 Å². The van der Waals surface area contributed by atoms with Gasteiger partial charge in [-0.15, -0.1) is 0 Å². The molecule has 0 aromatic heterocycles. The minimum absolute atomic E-state index is 0.00213. The largest absolute Gasteiger partial charge is 0.497 e. The van der Waals surface area contributed by atoms with Crippen molar-refractivity contribution in [2.75, 3.05) is 31.3 Å². The highest BCUT2D eigenvalue weighted by Gasteiger charge is 2.35. The Hall–Kier alpha value is -3.47. The summed E-state index contributed by atoms with van der Waals surface area (Å²) in [5.74, 6) is -0.299. The summed E-state index contributed by atoms with van der Waals surface area (Å²) >= 11 is 13.1. The number of anilines is 1. The zero-order valence-corrected chi connectivity index (χ0v) is 27.3. The summed E-state index contributed by atoms with van der Waals surface area (Å²) in [6.45, 7) is -0.726. The molecule has 1 fully saturated rings. The predicted molar refractivity (Wildman–Crippen MR) is 173 cm³/mol. The van der Waals surface area contributed by atoms with Gasteiger partial charge in [0, 0.05) is 40.7 Å². The topological polar surface area (TPSA) is 105 Å². The van der Waals surface area contributed by atoms with Crippen LogP contribution in [0, 0.1) is 0 Å². The third-order valence-corrected chi connectivity index (χ3v) is 9.53. The molecule has 1 unspecified atom stereocenters. The Kier molecular flexibility index (Phi) is 11.4. The highest BCUT2D eigenvalue weighted by atomic mass is 35.5. The van der Waals surface area contributed by atoms with Gasteiger partial charge in [0.1, 0.15) is 24.1 Å². The van der Waals surface area contributed by atoms with Crippen molar-refractivity contribution < 1.29 is 27.5 Å². The third-order valence-electron chi connectivity index (χ3n) is 7.70.